The number of hydrogen-bond acceptors (Lipinski definition) is 12. The molecule has 0 amide bonds. The number of nitriles is 5. The smallest absolute Gasteiger partial charge is 0.123 e. The molecule has 0 aliphatic carbocycles. The Balaban J connectivity index is -0.000000138. The molecular weight excluding hydrogens is 2000 g/mol. The van der Waals surface area contributed by atoms with E-state index >= 15 is 0 Å². The Morgan fingerprint density at radius 3 is 0.634 bits per heavy atom. The van der Waals surface area contributed by atoms with Crippen molar-refractivity contribution in [1.82, 2.24) is 0 Å². The van der Waals surface area contributed by atoms with Crippen molar-refractivity contribution in [2.75, 3.05) is 53.8 Å². The Labute approximate surface area is 921 Å². The van der Waals surface area contributed by atoms with Gasteiger partial charge in [-0.2, -0.15) is 26.3 Å². The Morgan fingerprint density at radius 1 is 0.248 bits per heavy atom. The fourth-order valence-electron chi connectivity index (χ4n) is 13.9. The number of para-hydroxylation sites is 5. The van der Waals surface area contributed by atoms with Crippen molar-refractivity contribution < 1.29 is 14.9 Å². The molecule has 11 aromatic carbocycles. The minimum Gasteiger partial charge on any atom is -0.412 e. The zero-order valence-corrected chi connectivity index (χ0v) is 107. The average Bonchev–Trinajstić information content (AvgIpc) is 0.740. The van der Waals surface area contributed by atoms with Crippen molar-refractivity contribution in [2.45, 2.75) is 381 Å². The van der Waals surface area contributed by atoms with Crippen LogP contribution in [-0.4, -0.2) is 33.2 Å². The number of nitrogens with zero attached hydrogens (tertiary/aromatic N) is 7. The van der Waals surface area contributed by atoms with Crippen LogP contribution in [-0.2, 0) is 9.47 Å². The Hall–Kier alpha value is -10.8. The van der Waals surface area contributed by atoms with Crippen LogP contribution in [0.4, 0.5) is 51.2 Å². The summed E-state index contributed by atoms with van der Waals surface area (Å²) in [6, 6.07) is 59.8. The molecule has 0 saturated carbocycles. The van der Waals surface area contributed by atoms with Gasteiger partial charge in [0.25, 0.3) is 0 Å². The second-order valence-corrected chi connectivity index (χ2v) is 32.8. The van der Waals surface area contributed by atoms with Gasteiger partial charge in [-0.25, -0.2) is 0 Å². The number of nitrogens with two attached hydrogens (primary N) is 1. The summed E-state index contributed by atoms with van der Waals surface area (Å²) in [5.74, 6) is 0. The van der Waals surface area contributed by atoms with E-state index in [0.29, 0.717) is 13.5 Å². The summed E-state index contributed by atoms with van der Waals surface area (Å²) in [5.41, 5.74) is 57.9. The molecule has 0 heterocycles. The molecule has 0 unspecified atom stereocenters. The monoisotopic (exact) mass is 2210 g/mol. The van der Waals surface area contributed by atoms with Crippen LogP contribution >= 0.6 is 45.2 Å². The van der Waals surface area contributed by atoms with E-state index in [4.69, 9.17) is 41.5 Å². The lowest BCUT2D eigenvalue weighted by Crippen LogP contribution is -2.22. The molecule has 11 rings (SSSR count). The molecule has 0 radical (unpaired) electrons. The lowest BCUT2D eigenvalue weighted by atomic mass is 9.89. The highest BCUT2D eigenvalue weighted by atomic mass is 127. The van der Waals surface area contributed by atoms with Crippen LogP contribution in [0.1, 0.15) is 340 Å². The summed E-state index contributed by atoms with van der Waals surface area (Å²) in [6.07, 6.45) is 0. The molecule has 0 fully saturated rings. The third-order valence-corrected chi connectivity index (χ3v) is 27.0. The number of rotatable bonds is 12. The minimum absolute atomic E-state index is 0. The van der Waals surface area contributed by atoms with Crippen molar-refractivity contribution in [3.63, 3.8) is 0 Å². The van der Waals surface area contributed by atoms with Gasteiger partial charge in [0.15, 0.2) is 0 Å². The van der Waals surface area contributed by atoms with Crippen LogP contribution in [0.15, 0.2) is 152 Å². The van der Waals surface area contributed by atoms with E-state index in [1.54, 1.807) is 44.6 Å². The molecule has 145 heavy (non-hydrogen) atoms. The number of halogens is 2. The summed E-state index contributed by atoms with van der Waals surface area (Å²) in [7, 11) is 3.41. The van der Waals surface area contributed by atoms with Gasteiger partial charge >= 0.3 is 0 Å². The van der Waals surface area contributed by atoms with Gasteiger partial charge in [-0.05, 0) is 480 Å². The molecule has 15 heteroatoms. The summed E-state index contributed by atoms with van der Waals surface area (Å²) < 4.78 is 13.1. The normalized spacial score (nSPS) is 8.57. The molecule has 0 spiro atoms. The summed E-state index contributed by atoms with van der Waals surface area (Å²) >= 11 is 4.87. The maximum atomic E-state index is 7.32. The molecule has 13 nitrogen and oxygen atoms in total. The zero-order valence-electron chi connectivity index (χ0n) is 103. The van der Waals surface area contributed by atoms with E-state index in [9.17, 15) is 0 Å². The maximum absolute atomic E-state index is 7.32. The van der Waals surface area contributed by atoms with Crippen molar-refractivity contribution in [3.8, 4) is 30.3 Å². The SMILES string of the molecule is CC.CC.CC.CC.CC.CC.CC.CC.CC.CC.CC#N.CC#N.CC#N.CC#N.CC#N.COCN(c1ccccc1)c1c(C)c(C)c(C)c(C)c1C.COCNc1ccccc1.Cc1c(C)c(C)c(I)c(C)c1C.Cc1c(C)c(C)c(I)c(C)c1C.Cc1c(C)c(C)c(N(c2ccccc2)c2c(C)c(C)c(C)c(C)c2C)c(C)c1C.Cc1c(C)c(C)c(Nc2ccccc2)c(C)c1C.Nc1ccccc1.O. The largest absolute Gasteiger partial charge is 0.412 e. The highest BCUT2D eigenvalue weighted by Gasteiger charge is 2.26. The lowest BCUT2D eigenvalue weighted by molar-refractivity contribution is 0.206. The van der Waals surface area contributed by atoms with Crippen molar-refractivity contribution in [1.29, 1.82) is 26.3 Å². The zero-order chi connectivity index (χ0) is 115. The van der Waals surface area contributed by atoms with Gasteiger partial charge in [0.05, 0.1) is 41.7 Å². The number of benzene rings is 11. The number of methoxy groups -OCH3 is 2. The number of nitrogens with one attached hydrogen (secondary N) is 2. The van der Waals surface area contributed by atoms with E-state index in [0.717, 1.165) is 22.7 Å². The number of ether oxygens (including phenoxy) is 2. The predicted octanol–water partition coefficient (Wildman–Crippen LogP) is 40.9. The molecule has 0 saturated heterocycles. The van der Waals surface area contributed by atoms with Crippen LogP contribution in [0.25, 0.3) is 0 Å². The van der Waals surface area contributed by atoms with Crippen molar-refractivity contribution in [3.05, 3.63) is 326 Å². The van der Waals surface area contributed by atoms with E-state index in [2.05, 4.69) is 352 Å². The molecule has 11 aromatic rings. The van der Waals surface area contributed by atoms with E-state index in [-0.39, 0.29) is 5.48 Å². The third-order valence-electron chi connectivity index (χ3n) is 23.8. The molecule has 6 N–H and O–H groups in total. The average molecular weight is 2210 g/mol. The molecule has 808 valence electrons. The molecule has 0 aliphatic rings. The lowest BCUT2D eigenvalue weighted by Gasteiger charge is -2.34. The predicted molar refractivity (Wildman–Crippen MR) is 671 cm³/mol. The van der Waals surface area contributed by atoms with Crippen molar-refractivity contribution in [2.24, 2.45) is 0 Å². The first-order valence-electron chi connectivity index (χ1n) is 51.8. The highest BCUT2D eigenvalue weighted by Crippen LogP contribution is 2.47. The maximum Gasteiger partial charge on any atom is 0.123 e. The second-order valence-electron chi connectivity index (χ2n) is 30.6. The summed E-state index contributed by atoms with van der Waals surface area (Å²) in [5, 5.41) is 43.2. The van der Waals surface area contributed by atoms with E-state index in [1.807, 2.05) is 211 Å². The molecule has 0 aliphatic heterocycles. The quantitative estimate of drug-likeness (QED) is 0.0590. The van der Waals surface area contributed by atoms with Crippen LogP contribution < -0.4 is 26.2 Å². The third kappa shape index (κ3) is 55.0. The van der Waals surface area contributed by atoms with Gasteiger partial charge < -0.3 is 41.1 Å². The molecular formula is C130H206I2N10O3. The fraction of sp³-hybridized carbons (Fsp3) is 0.454. The van der Waals surface area contributed by atoms with Crippen LogP contribution in [0.3, 0.4) is 0 Å². The van der Waals surface area contributed by atoms with Crippen LogP contribution in [0, 0.1) is 272 Å². The van der Waals surface area contributed by atoms with Gasteiger partial charge in [-0.15, -0.1) is 0 Å². The number of hydrogen-bond donors (Lipinski definition) is 3. The fourth-order valence-corrected chi connectivity index (χ4v) is 15.5. The molecule has 0 bridgehead atoms. The number of anilines is 9. The first kappa shape index (κ1) is 159. The summed E-state index contributed by atoms with van der Waals surface area (Å²) in [6.45, 7) is 115. The minimum atomic E-state index is 0. The summed E-state index contributed by atoms with van der Waals surface area (Å²) in [4.78, 5) is 4.76. The second kappa shape index (κ2) is 97.9. The van der Waals surface area contributed by atoms with Gasteiger partial charge in [-0.3, -0.25) is 0 Å². The Kier molecular flexibility index (Phi) is 108. The number of nitrogen functional groups attached to an aromatic ring is 1. The van der Waals surface area contributed by atoms with Gasteiger partial charge in [0.1, 0.15) is 13.5 Å². The van der Waals surface area contributed by atoms with Crippen molar-refractivity contribution >= 4 is 96.4 Å². The van der Waals surface area contributed by atoms with Gasteiger partial charge in [0.2, 0.25) is 0 Å². The topological polar surface area (TPSA) is 225 Å². The van der Waals surface area contributed by atoms with Crippen LogP contribution in [0.5, 0.6) is 0 Å². The molecule has 0 atom stereocenters. The molecule has 0 aromatic heterocycles. The van der Waals surface area contributed by atoms with Gasteiger partial charge in [-0.1, -0.05) is 229 Å². The Bertz CT molecular complexity index is 4910. The van der Waals surface area contributed by atoms with Crippen LogP contribution in [0.2, 0.25) is 0 Å². The van der Waals surface area contributed by atoms with E-state index in [1.165, 1.54) is 237 Å². The standard InChI is InChI=1S/C28H35N.C19H25NO.C17H21N.2C11H15I.C8H11NO.C6H7N.5C2H3N.10C2H6.H2O/c1-16-18(3)22(7)27(23(8)19(16)4)29(26-14-12-11-13-15-26)28-24(9)20(5)17(2)21(6)25(28)10;1-13-14(2)16(4)19(17(5)15(13)3)20(12-21-6)18-10-8-7-9-11-18;1-11-12(2)14(4)17(15(5)13(11)3)18-16-9-7-6-8-10-16;2*1-6-7(2)9(4)11(12)10(5)8(6)3;1-10-7-9-8-5-3-2-4-6-8;7-6-4-2-1-3-5-6;5*1-2-3;10*1-2;/h11-15H,1-10H3;7-11H,12H2,1-6H3;6-10,18H,1-5H3;2*1-5H3;2-6,9H,7H2,1H3;1-5H,7H2;5*1H3;10*1-2H3;1H2. The first-order valence-corrected chi connectivity index (χ1v) is 53.9. The van der Waals surface area contributed by atoms with E-state index < -0.39 is 0 Å². The highest BCUT2D eigenvalue weighted by molar-refractivity contribution is 14.1. The van der Waals surface area contributed by atoms with Gasteiger partial charge in [0, 0.05) is 95.8 Å². The first-order chi connectivity index (χ1) is 68.4. The Morgan fingerprint density at radius 2 is 0.428 bits per heavy atom.